The zero-order chi connectivity index (χ0) is 55.7. The van der Waals surface area contributed by atoms with Gasteiger partial charge in [-0.3, -0.25) is 14.4 Å². The van der Waals surface area contributed by atoms with Gasteiger partial charge in [0.1, 0.15) is 13.2 Å². The second-order valence-corrected chi connectivity index (χ2v) is 23.1. The van der Waals surface area contributed by atoms with Crippen LogP contribution >= 0.6 is 0 Å². The minimum absolute atomic E-state index is 0.0753. The van der Waals surface area contributed by atoms with Gasteiger partial charge in [0.25, 0.3) is 0 Å². The molecule has 450 valence electrons. The lowest BCUT2D eigenvalue weighted by Gasteiger charge is -2.18. The summed E-state index contributed by atoms with van der Waals surface area (Å²) >= 11 is 0. The maximum absolute atomic E-state index is 12.8. The molecule has 0 aliphatic heterocycles. The van der Waals surface area contributed by atoms with E-state index >= 15 is 0 Å². The van der Waals surface area contributed by atoms with Gasteiger partial charge in [0.15, 0.2) is 6.10 Å². The fourth-order valence-corrected chi connectivity index (χ4v) is 10.2. The van der Waals surface area contributed by atoms with E-state index in [1.807, 2.05) is 0 Å². The third kappa shape index (κ3) is 64.1. The van der Waals surface area contributed by atoms with Crippen LogP contribution in [0.25, 0.3) is 0 Å². The lowest BCUT2D eigenvalue weighted by atomic mass is 10.0. The average molecular weight is 1080 g/mol. The number of carbonyl (C=O) groups excluding carboxylic acids is 3. The topological polar surface area (TPSA) is 78.9 Å². The van der Waals surface area contributed by atoms with Crippen molar-refractivity contribution in [2.45, 2.75) is 374 Å². The minimum atomic E-state index is -0.775. The Morgan fingerprint density at radius 2 is 0.468 bits per heavy atom. The van der Waals surface area contributed by atoms with Gasteiger partial charge in [-0.2, -0.15) is 0 Å². The summed E-state index contributed by atoms with van der Waals surface area (Å²) in [7, 11) is 0. The molecule has 0 heterocycles. The Bertz CT molecular complexity index is 1330. The molecule has 0 aromatic carbocycles. The molecule has 0 bridgehead atoms. The molecule has 0 saturated carbocycles. The van der Waals surface area contributed by atoms with Crippen molar-refractivity contribution in [1.29, 1.82) is 0 Å². The van der Waals surface area contributed by atoms with Crippen molar-refractivity contribution in [3.05, 3.63) is 48.6 Å². The van der Waals surface area contributed by atoms with E-state index in [-0.39, 0.29) is 31.1 Å². The van der Waals surface area contributed by atoms with Gasteiger partial charge in [-0.1, -0.05) is 313 Å². The second-order valence-electron chi connectivity index (χ2n) is 23.1. The summed E-state index contributed by atoms with van der Waals surface area (Å²) in [4.78, 5) is 37.9. The number of allylic oxidation sites excluding steroid dienone is 8. The molecule has 0 saturated heterocycles. The number of ether oxygens (including phenoxy) is 3. The van der Waals surface area contributed by atoms with Crippen molar-refractivity contribution >= 4 is 17.9 Å². The molecule has 77 heavy (non-hydrogen) atoms. The molecule has 0 aromatic heterocycles. The van der Waals surface area contributed by atoms with E-state index in [0.717, 1.165) is 83.5 Å². The molecule has 6 nitrogen and oxygen atoms in total. The van der Waals surface area contributed by atoms with Gasteiger partial charge in [-0.25, -0.2) is 0 Å². The zero-order valence-corrected chi connectivity index (χ0v) is 51.7. The smallest absolute Gasteiger partial charge is 0.306 e. The Morgan fingerprint density at radius 3 is 0.740 bits per heavy atom. The average Bonchev–Trinajstić information content (AvgIpc) is 3.43. The lowest BCUT2D eigenvalue weighted by molar-refractivity contribution is -0.167. The van der Waals surface area contributed by atoms with Gasteiger partial charge in [-0.05, 0) is 83.5 Å². The molecule has 0 amide bonds. The van der Waals surface area contributed by atoms with E-state index in [0.29, 0.717) is 19.3 Å². The highest BCUT2D eigenvalue weighted by Crippen LogP contribution is 2.18. The molecule has 1 unspecified atom stereocenters. The van der Waals surface area contributed by atoms with Crippen LogP contribution < -0.4 is 0 Å². The van der Waals surface area contributed by atoms with Crippen LogP contribution in [-0.2, 0) is 28.6 Å². The number of hydrogen-bond donors (Lipinski definition) is 0. The van der Waals surface area contributed by atoms with Crippen molar-refractivity contribution in [3.8, 4) is 0 Å². The van der Waals surface area contributed by atoms with Crippen LogP contribution in [0.1, 0.15) is 367 Å². The summed E-state index contributed by atoms with van der Waals surface area (Å²) in [6, 6.07) is 0. The van der Waals surface area contributed by atoms with E-state index in [1.54, 1.807) is 0 Å². The molecule has 0 aliphatic carbocycles. The number of hydrogen-bond acceptors (Lipinski definition) is 6. The van der Waals surface area contributed by atoms with Gasteiger partial charge >= 0.3 is 17.9 Å². The Labute approximate surface area is 479 Å². The fraction of sp³-hybridized carbons (Fsp3) is 0.845. The molecule has 0 fully saturated rings. The maximum atomic E-state index is 12.8. The zero-order valence-electron chi connectivity index (χ0n) is 51.7. The van der Waals surface area contributed by atoms with Crippen molar-refractivity contribution in [2.75, 3.05) is 13.2 Å². The van der Waals surface area contributed by atoms with Crippen molar-refractivity contribution < 1.29 is 28.6 Å². The quantitative estimate of drug-likeness (QED) is 0.0261. The molecule has 0 radical (unpaired) electrons. The first kappa shape index (κ1) is 74.4. The first-order chi connectivity index (χ1) is 38.0. The number of unbranched alkanes of at least 4 members (excludes halogenated alkanes) is 44. The summed E-state index contributed by atoms with van der Waals surface area (Å²) in [6.07, 6.45) is 83.4. The predicted molar refractivity (Wildman–Crippen MR) is 335 cm³/mol. The predicted octanol–water partition coefficient (Wildman–Crippen LogP) is 23.3. The van der Waals surface area contributed by atoms with Crippen molar-refractivity contribution in [2.24, 2.45) is 0 Å². The maximum Gasteiger partial charge on any atom is 0.306 e. The van der Waals surface area contributed by atoms with Gasteiger partial charge in [-0.15, -0.1) is 0 Å². The van der Waals surface area contributed by atoms with E-state index < -0.39 is 6.10 Å². The lowest BCUT2D eigenvalue weighted by Crippen LogP contribution is -2.30. The SMILES string of the molecule is CCCCCCC/C=C\C/C=C\C/C=C\CCCCCCCCC(=O)OC(COC(=O)CCCCCCC)COC(=O)CCCCCCCCCCCCCCCCCCCCCCC/C=C\CCCCCCCCCC. The molecule has 0 rings (SSSR count). The molecule has 0 N–H and O–H groups in total. The largest absolute Gasteiger partial charge is 0.462 e. The highest BCUT2D eigenvalue weighted by Gasteiger charge is 2.19. The molecular formula is C71H130O6. The Hall–Kier alpha value is -2.63. The van der Waals surface area contributed by atoms with Crippen LogP contribution in [0, 0.1) is 0 Å². The van der Waals surface area contributed by atoms with Crippen molar-refractivity contribution in [1.82, 2.24) is 0 Å². The van der Waals surface area contributed by atoms with E-state index in [1.165, 1.54) is 244 Å². The molecule has 6 heteroatoms. The highest BCUT2D eigenvalue weighted by molar-refractivity contribution is 5.71. The van der Waals surface area contributed by atoms with Gasteiger partial charge in [0.05, 0.1) is 0 Å². The third-order valence-electron chi connectivity index (χ3n) is 15.3. The van der Waals surface area contributed by atoms with Crippen LogP contribution in [0.3, 0.4) is 0 Å². The Kier molecular flexibility index (Phi) is 63.6. The van der Waals surface area contributed by atoms with Crippen LogP contribution in [0.5, 0.6) is 0 Å². The van der Waals surface area contributed by atoms with Crippen LogP contribution in [0.4, 0.5) is 0 Å². The first-order valence-corrected chi connectivity index (χ1v) is 34.1. The van der Waals surface area contributed by atoms with Crippen LogP contribution in [-0.4, -0.2) is 37.2 Å². The van der Waals surface area contributed by atoms with Gasteiger partial charge in [0, 0.05) is 19.3 Å². The van der Waals surface area contributed by atoms with E-state index in [9.17, 15) is 14.4 Å². The summed E-state index contributed by atoms with van der Waals surface area (Å²) in [6.45, 7) is 6.58. The molecule has 1 atom stereocenters. The summed E-state index contributed by atoms with van der Waals surface area (Å²) in [5, 5.41) is 0. The molecule has 0 aromatic rings. The van der Waals surface area contributed by atoms with Crippen molar-refractivity contribution in [3.63, 3.8) is 0 Å². The third-order valence-corrected chi connectivity index (χ3v) is 15.3. The normalized spacial score (nSPS) is 12.3. The van der Waals surface area contributed by atoms with E-state index in [2.05, 4.69) is 69.4 Å². The Balaban J connectivity index is 3.93. The summed E-state index contributed by atoms with van der Waals surface area (Å²) in [5.74, 6) is -0.884. The summed E-state index contributed by atoms with van der Waals surface area (Å²) < 4.78 is 16.8. The highest BCUT2D eigenvalue weighted by atomic mass is 16.6. The Morgan fingerprint density at radius 1 is 0.260 bits per heavy atom. The molecular weight excluding hydrogens is 949 g/mol. The first-order valence-electron chi connectivity index (χ1n) is 34.1. The number of carbonyl (C=O) groups is 3. The molecule has 0 aliphatic rings. The van der Waals surface area contributed by atoms with Crippen LogP contribution in [0.2, 0.25) is 0 Å². The minimum Gasteiger partial charge on any atom is -0.462 e. The van der Waals surface area contributed by atoms with Gasteiger partial charge in [0.2, 0.25) is 0 Å². The number of rotatable bonds is 63. The van der Waals surface area contributed by atoms with E-state index in [4.69, 9.17) is 14.2 Å². The fourth-order valence-electron chi connectivity index (χ4n) is 10.2. The monoisotopic (exact) mass is 1080 g/mol. The number of esters is 3. The summed E-state index contributed by atoms with van der Waals surface area (Å²) in [5.41, 5.74) is 0. The molecule has 0 spiro atoms. The second kappa shape index (κ2) is 65.9. The standard InChI is InChI=1S/C71H130O6/c1-4-7-10-13-15-17-19-21-23-25-27-29-30-31-32-33-34-35-36-37-38-39-40-42-43-45-47-49-51-53-55-58-61-64-70(73)76-67-68(66-75-69(72)63-60-57-12-9-6-3)77-71(74)65-62-59-56-54-52-50-48-46-44-41-28-26-24-22-20-18-16-14-11-8-5-2/h20,22,25-28,44,46,68H,4-19,21,23-24,29-43,45,47-67H2,1-3H3/b22-20-,27-25-,28-26-,46-44-. The van der Waals surface area contributed by atoms with Crippen LogP contribution in [0.15, 0.2) is 48.6 Å². The van der Waals surface area contributed by atoms with Gasteiger partial charge < -0.3 is 14.2 Å².